The molecular formula is C14H20. The number of hydrogen-bond donors (Lipinski definition) is 0. The van der Waals surface area contributed by atoms with Crippen LogP contribution in [-0.4, -0.2) is 0 Å². The second kappa shape index (κ2) is 4.45. The highest BCUT2D eigenvalue weighted by Gasteiger charge is 2.04. The van der Waals surface area contributed by atoms with Crippen molar-refractivity contribution in [3.8, 4) is 0 Å². The van der Waals surface area contributed by atoms with Gasteiger partial charge in [0, 0.05) is 0 Å². The first-order valence-electron chi connectivity index (χ1n) is 5.35. The third-order valence-electron chi connectivity index (χ3n) is 2.72. The minimum atomic E-state index is 0.609. The molecule has 0 fully saturated rings. The number of benzene rings is 1. The normalized spacial score (nSPS) is 10.6. The van der Waals surface area contributed by atoms with Gasteiger partial charge in [0.2, 0.25) is 0 Å². The van der Waals surface area contributed by atoms with Gasteiger partial charge in [-0.1, -0.05) is 45.5 Å². The summed E-state index contributed by atoms with van der Waals surface area (Å²) < 4.78 is 0. The average molecular weight is 188 g/mol. The molecule has 1 rings (SSSR count). The Labute approximate surface area is 87.7 Å². The van der Waals surface area contributed by atoms with Gasteiger partial charge in [0.1, 0.15) is 0 Å². The molecule has 14 heavy (non-hydrogen) atoms. The van der Waals surface area contributed by atoms with Crippen molar-refractivity contribution >= 4 is 5.57 Å². The summed E-state index contributed by atoms with van der Waals surface area (Å²) >= 11 is 0. The summed E-state index contributed by atoms with van der Waals surface area (Å²) in [6.07, 6.45) is 1.03. The number of allylic oxidation sites excluding steroid dienone is 1. The molecule has 0 amide bonds. The van der Waals surface area contributed by atoms with Crippen LogP contribution in [0.5, 0.6) is 0 Å². The van der Waals surface area contributed by atoms with Crippen LogP contribution < -0.4 is 0 Å². The van der Waals surface area contributed by atoms with Crippen molar-refractivity contribution in [2.24, 2.45) is 0 Å². The van der Waals surface area contributed by atoms with Gasteiger partial charge in [-0.2, -0.15) is 0 Å². The lowest BCUT2D eigenvalue weighted by molar-refractivity contribution is 0.864. The van der Waals surface area contributed by atoms with Gasteiger partial charge in [-0.3, -0.25) is 0 Å². The molecule has 0 radical (unpaired) electrons. The minimum Gasteiger partial charge on any atom is -0.0952 e. The Kier molecular flexibility index (Phi) is 3.51. The monoisotopic (exact) mass is 188 g/mol. The number of rotatable bonds is 3. The molecule has 0 saturated carbocycles. The van der Waals surface area contributed by atoms with Gasteiger partial charge >= 0.3 is 0 Å². The van der Waals surface area contributed by atoms with Crippen LogP contribution in [0.4, 0.5) is 0 Å². The largest absolute Gasteiger partial charge is 0.0952 e. The van der Waals surface area contributed by atoms with E-state index in [9.17, 15) is 0 Å². The van der Waals surface area contributed by atoms with Gasteiger partial charge in [0.25, 0.3) is 0 Å². The lowest BCUT2D eigenvalue weighted by Gasteiger charge is -2.11. The van der Waals surface area contributed by atoms with Crippen LogP contribution in [0.15, 0.2) is 24.8 Å². The molecule has 0 bridgehead atoms. The summed E-state index contributed by atoms with van der Waals surface area (Å²) in [5.41, 5.74) is 5.31. The molecule has 0 aliphatic rings. The summed E-state index contributed by atoms with van der Waals surface area (Å²) in [6.45, 7) is 12.8. The molecule has 0 aliphatic carbocycles. The standard InChI is InChI=1S/C14H20/c1-6-11(4)14-8-7-13(10(2)3)9-12(14)5/h7-10H,4,6H2,1-3,5H3. The van der Waals surface area contributed by atoms with Crippen molar-refractivity contribution in [1.29, 1.82) is 0 Å². The van der Waals surface area contributed by atoms with Gasteiger partial charge in [-0.15, -0.1) is 0 Å². The lowest BCUT2D eigenvalue weighted by Crippen LogP contribution is -1.92. The second-order valence-corrected chi connectivity index (χ2v) is 4.19. The Bertz CT molecular complexity index is 332. The van der Waals surface area contributed by atoms with E-state index in [1.54, 1.807) is 0 Å². The van der Waals surface area contributed by atoms with E-state index in [-0.39, 0.29) is 0 Å². The van der Waals surface area contributed by atoms with E-state index in [1.807, 2.05) is 0 Å². The fourth-order valence-electron chi connectivity index (χ4n) is 1.63. The van der Waals surface area contributed by atoms with Gasteiger partial charge in [0.05, 0.1) is 0 Å². The van der Waals surface area contributed by atoms with E-state index >= 15 is 0 Å². The van der Waals surface area contributed by atoms with Crippen molar-refractivity contribution in [1.82, 2.24) is 0 Å². The highest BCUT2D eigenvalue weighted by molar-refractivity contribution is 5.66. The minimum absolute atomic E-state index is 0.609. The molecule has 0 spiro atoms. The average Bonchev–Trinajstić information content (AvgIpc) is 2.16. The zero-order valence-electron chi connectivity index (χ0n) is 9.72. The molecule has 0 aromatic heterocycles. The molecule has 1 aromatic carbocycles. The molecule has 0 atom stereocenters. The van der Waals surface area contributed by atoms with Crippen molar-refractivity contribution in [2.75, 3.05) is 0 Å². The number of aryl methyl sites for hydroxylation is 1. The first kappa shape index (κ1) is 11.0. The van der Waals surface area contributed by atoms with Crippen molar-refractivity contribution in [2.45, 2.75) is 40.0 Å². The van der Waals surface area contributed by atoms with Gasteiger partial charge in [-0.25, -0.2) is 0 Å². The molecule has 0 saturated heterocycles. The van der Waals surface area contributed by atoms with Crippen LogP contribution in [0.2, 0.25) is 0 Å². The summed E-state index contributed by atoms with van der Waals surface area (Å²) in [4.78, 5) is 0. The van der Waals surface area contributed by atoms with Crippen LogP contribution in [0.3, 0.4) is 0 Å². The van der Waals surface area contributed by atoms with Crippen LogP contribution >= 0.6 is 0 Å². The molecule has 0 heterocycles. The third-order valence-corrected chi connectivity index (χ3v) is 2.72. The van der Waals surface area contributed by atoms with Gasteiger partial charge in [0.15, 0.2) is 0 Å². The smallest absolute Gasteiger partial charge is 0.0201 e. The van der Waals surface area contributed by atoms with E-state index in [1.165, 1.54) is 22.3 Å². The zero-order chi connectivity index (χ0) is 10.7. The van der Waals surface area contributed by atoms with Gasteiger partial charge < -0.3 is 0 Å². The molecule has 0 N–H and O–H groups in total. The summed E-state index contributed by atoms with van der Waals surface area (Å²) in [5, 5.41) is 0. The predicted octanol–water partition coefficient (Wildman–Crippen LogP) is 4.54. The maximum atomic E-state index is 4.08. The zero-order valence-corrected chi connectivity index (χ0v) is 9.72. The van der Waals surface area contributed by atoms with E-state index in [4.69, 9.17) is 0 Å². The van der Waals surface area contributed by atoms with Crippen molar-refractivity contribution < 1.29 is 0 Å². The van der Waals surface area contributed by atoms with E-state index in [2.05, 4.69) is 52.5 Å². The molecule has 0 aliphatic heterocycles. The van der Waals surface area contributed by atoms with E-state index in [0.29, 0.717) is 5.92 Å². The Balaban J connectivity index is 3.07. The molecule has 76 valence electrons. The molecule has 0 unspecified atom stereocenters. The van der Waals surface area contributed by atoms with Crippen LogP contribution in [-0.2, 0) is 0 Å². The third kappa shape index (κ3) is 2.25. The van der Waals surface area contributed by atoms with Crippen LogP contribution in [0.25, 0.3) is 5.57 Å². The Morgan fingerprint density at radius 3 is 2.43 bits per heavy atom. The van der Waals surface area contributed by atoms with Crippen molar-refractivity contribution in [3.63, 3.8) is 0 Å². The van der Waals surface area contributed by atoms with E-state index in [0.717, 1.165) is 6.42 Å². The topological polar surface area (TPSA) is 0 Å². The van der Waals surface area contributed by atoms with Crippen molar-refractivity contribution in [3.05, 3.63) is 41.5 Å². The highest BCUT2D eigenvalue weighted by Crippen LogP contribution is 2.24. The Morgan fingerprint density at radius 2 is 2.00 bits per heavy atom. The van der Waals surface area contributed by atoms with Crippen LogP contribution in [0.1, 0.15) is 49.8 Å². The quantitative estimate of drug-likeness (QED) is 0.653. The van der Waals surface area contributed by atoms with Gasteiger partial charge in [-0.05, 0) is 41.5 Å². The summed E-state index contributed by atoms with van der Waals surface area (Å²) in [5.74, 6) is 0.609. The molecule has 0 nitrogen and oxygen atoms in total. The molecule has 1 aromatic rings. The maximum absolute atomic E-state index is 4.08. The Hall–Kier alpha value is -1.04. The highest BCUT2D eigenvalue weighted by atomic mass is 14.1. The first-order valence-corrected chi connectivity index (χ1v) is 5.35. The maximum Gasteiger partial charge on any atom is -0.0201 e. The SMILES string of the molecule is C=C(CC)c1ccc(C(C)C)cc1C. The van der Waals surface area contributed by atoms with E-state index < -0.39 is 0 Å². The molecular weight excluding hydrogens is 168 g/mol. The predicted molar refractivity (Wildman–Crippen MR) is 64.6 cm³/mol. The summed E-state index contributed by atoms with van der Waals surface area (Å²) in [7, 11) is 0. The second-order valence-electron chi connectivity index (χ2n) is 4.19. The Morgan fingerprint density at radius 1 is 1.36 bits per heavy atom. The first-order chi connectivity index (χ1) is 6.56. The lowest BCUT2D eigenvalue weighted by atomic mass is 9.94. The number of hydrogen-bond acceptors (Lipinski definition) is 0. The fraction of sp³-hybridized carbons (Fsp3) is 0.429. The summed E-state index contributed by atoms with van der Waals surface area (Å²) in [6, 6.07) is 6.70. The molecule has 0 heteroatoms. The van der Waals surface area contributed by atoms with Crippen LogP contribution in [0, 0.1) is 6.92 Å². The fourth-order valence-corrected chi connectivity index (χ4v) is 1.63.